The van der Waals surface area contributed by atoms with Crippen molar-refractivity contribution in [3.63, 3.8) is 0 Å². The van der Waals surface area contributed by atoms with Crippen molar-refractivity contribution in [2.45, 2.75) is 32.3 Å². The predicted octanol–water partition coefficient (Wildman–Crippen LogP) is 3.64. The zero-order valence-electron chi connectivity index (χ0n) is 15.6. The number of nitrogens with zero attached hydrogens (tertiary/aromatic N) is 2. The van der Waals surface area contributed by atoms with Gasteiger partial charge in [0.2, 0.25) is 6.79 Å². The summed E-state index contributed by atoms with van der Waals surface area (Å²) < 4.78 is 15.9. The normalized spacial score (nSPS) is 15.0. The van der Waals surface area contributed by atoms with E-state index in [1.54, 1.807) is 23.5 Å². The molecule has 5 rings (SSSR count). The van der Waals surface area contributed by atoms with Gasteiger partial charge in [-0.2, -0.15) is 0 Å². The molecule has 0 spiro atoms. The summed E-state index contributed by atoms with van der Waals surface area (Å²) in [4.78, 5) is 23.2. The number of hydrogen-bond donors (Lipinski definition) is 1. The van der Waals surface area contributed by atoms with E-state index in [1.807, 2.05) is 12.1 Å². The van der Waals surface area contributed by atoms with Gasteiger partial charge in [-0.05, 0) is 55.0 Å². The molecule has 1 aromatic carbocycles. The second kappa shape index (κ2) is 7.36. The van der Waals surface area contributed by atoms with Gasteiger partial charge in [-0.25, -0.2) is 14.8 Å². The summed E-state index contributed by atoms with van der Waals surface area (Å²) in [6.45, 7) is 0.193. The number of nitrogens with two attached hydrogens (primary N) is 1. The van der Waals surface area contributed by atoms with Gasteiger partial charge in [0.1, 0.15) is 10.6 Å². The number of aryl methyl sites for hydroxylation is 2. The lowest BCUT2D eigenvalue weighted by molar-refractivity contribution is -0.139. The van der Waals surface area contributed by atoms with Gasteiger partial charge in [-0.1, -0.05) is 6.07 Å². The van der Waals surface area contributed by atoms with E-state index in [0.29, 0.717) is 23.1 Å². The first-order valence-corrected chi connectivity index (χ1v) is 10.3. The molecule has 0 amide bonds. The van der Waals surface area contributed by atoms with Crippen molar-refractivity contribution in [1.29, 1.82) is 0 Å². The molecule has 0 saturated carbocycles. The van der Waals surface area contributed by atoms with Crippen LogP contribution in [0.25, 0.3) is 16.3 Å². The predicted molar refractivity (Wildman–Crippen MR) is 110 cm³/mol. The molecule has 0 saturated heterocycles. The number of fused-ring (bicyclic) bond motifs is 4. The van der Waals surface area contributed by atoms with E-state index in [2.05, 4.69) is 9.97 Å². The van der Waals surface area contributed by atoms with E-state index in [1.165, 1.54) is 29.4 Å². The molecule has 2 aliphatic rings. The van der Waals surface area contributed by atoms with Gasteiger partial charge in [-0.15, -0.1) is 11.3 Å². The van der Waals surface area contributed by atoms with Gasteiger partial charge < -0.3 is 19.9 Å². The number of esters is 1. The molecule has 1 aliphatic carbocycles. The average Bonchev–Trinajstić information content (AvgIpc) is 3.34. The van der Waals surface area contributed by atoms with Gasteiger partial charge in [0, 0.05) is 11.0 Å². The van der Waals surface area contributed by atoms with E-state index >= 15 is 0 Å². The average molecular weight is 409 g/mol. The Morgan fingerprint density at radius 1 is 1.21 bits per heavy atom. The van der Waals surface area contributed by atoms with Crippen LogP contribution in [0, 0.1) is 0 Å². The van der Waals surface area contributed by atoms with Crippen molar-refractivity contribution in [1.82, 2.24) is 9.97 Å². The van der Waals surface area contributed by atoms with Crippen molar-refractivity contribution < 1.29 is 19.0 Å². The first-order valence-electron chi connectivity index (χ1n) is 9.48. The molecule has 0 unspecified atom stereocenters. The van der Waals surface area contributed by atoms with Gasteiger partial charge in [-0.3, -0.25) is 0 Å². The number of ether oxygens (including phenoxy) is 3. The highest BCUT2D eigenvalue weighted by Crippen LogP contribution is 2.37. The summed E-state index contributed by atoms with van der Waals surface area (Å²) in [5, 5.41) is 0.975. The Kier molecular flexibility index (Phi) is 4.55. The Labute approximate surface area is 171 Å². The van der Waals surface area contributed by atoms with Crippen LogP contribution in [-0.2, 0) is 29.0 Å². The van der Waals surface area contributed by atoms with Crippen molar-refractivity contribution in [2.75, 3.05) is 12.5 Å². The molecule has 3 heterocycles. The third-order valence-electron chi connectivity index (χ3n) is 5.04. The number of benzene rings is 1. The summed E-state index contributed by atoms with van der Waals surface area (Å²) in [6, 6.07) is 5.45. The zero-order valence-corrected chi connectivity index (χ0v) is 16.5. The largest absolute Gasteiger partial charge is 0.454 e. The molecular formula is C21H19N3O4S. The topological polar surface area (TPSA) is 96.6 Å². The maximum absolute atomic E-state index is 12.1. The smallest absolute Gasteiger partial charge is 0.331 e. The van der Waals surface area contributed by atoms with Crippen molar-refractivity contribution in [3.05, 3.63) is 46.1 Å². The minimum Gasteiger partial charge on any atom is -0.454 e. The number of nitrogen functional groups attached to an aromatic ring is 1. The minimum absolute atomic E-state index is 0.0208. The quantitative estimate of drug-likeness (QED) is 0.519. The lowest BCUT2D eigenvalue weighted by atomic mass is 9.97. The number of hydrogen-bond acceptors (Lipinski definition) is 8. The Balaban J connectivity index is 1.27. The van der Waals surface area contributed by atoms with Crippen LogP contribution in [-0.4, -0.2) is 22.7 Å². The molecule has 29 heavy (non-hydrogen) atoms. The second-order valence-electron chi connectivity index (χ2n) is 6.97. The minimum atomic E-state index is -0.476. The number of thiophene rings is 1. The molecule has 0 atom stereocenters. The maximum atomic E-state index is 12.1. The van der Waals surface area contributed by atoms with E-state index in [4.69, 9.17) is 19.9 Å². The molecular weight excluding hydrogens is 390 g/mol. The van der Waals surface area contributed by atoms with Gasteiger partial charge in [0.25, 0.3) is 0 Å². The lowest BCUT2D eigenvalue weighted by Crippen LogP contribution is -2.06. The van der Waals surface area contributed by atoms with Crippen LogP contribution in [0.3, 0.4) is 0 Å². The molecule has 2 aromatic heterocycles. The van der Waals surface area contributed by atoms with Crippen LogP contribution in [0.1, 0.15) is 34.7 Å². The van der Waals surface area contributed by atoms with Crippen LogP contribution >= 0.6 is 11.3 Å². The van der Waals surface area contributed by atoms with Crippen molar-refractivity contribution >= 4 is 39.4 Å². The third-order valence-corrected chi connectivity index (χ3v) is 6.23. The summed E-state index contributed by atoms with van der Waals surface area (Å²) in [5.41, 5.74) is 8.30. The lowest BCUT2D eigenvalue weighted by Gasteiger charge is -2.10. The highest BCUT2D eigenvalue weighted by molar-refractivity contribution is 7.19. The molecule has 7 nitrogen and oxygen atoms in total. The number of aromatic nitrogens is 2. The molecule has 8 heteroatoms. The molecule has 2 N–H and O–H groups in total. The van der Waals surface area contributed by atoms with Crippen LogP contribution in [0.2, 0.25) is 0 Å². The van der Waals surface area contributed by atoms with E-state index in [9.17, 15) is 4.79 Å². The second-order valence-corrected chi connectivity index (χ2v) is 8.05. The zero-order chi connectivity index (χ0) is 19.8. The maximum Gasteiger partial charge on any atom is 0.331 e. The number of anilines is 1. The van der Waals surface area contributed by atoms with E-state index in [0.717, 1.165) is 28.6 Å². The summed E-state index contributed by atoms with van der Waals surface area (Å²) in [6.07, 6.45) is 7.51. The first kappa shape index (κ1) is 17.9. The fraction of sp³-hybridized carbons (Fsp3) is 0.286. The van der Waals surface area contributed by atoms with Gasteiger partial charge >= 0.3 is 5.97 Å². The third kappa shape index (κ3) is 3.51. The number of carbonyl (C=O) groups excluding carboxylic acids is 1. The summed E-state index contributed by atoms with van der Waals surface area (Å²) >= 11 is 1.67. The fourth-order valence-electron chi connectivity index (χ4n) is 3.66. The molecule has 0 radical (unpaired) electrons. The van der Waals surface area contributed by atoms with E-state index in [-0.39, 0.29) is 13.4 Å². The van der Waals surface area contributed by atoms with Crippen molar-refractivity contribution in [3.8, 4) is 11.5 Å². The standard InChI is InChI=1S/C21H19N3O4S/c22-20-19-13-3-1-2-4-16(13)29-21(19)24-17(23-20)10-26-18(25)8-6-12-5-7-14-15(9-12)28-11-27-14/h5-9H,1-4,10-11H2,(H2,22,23,24)/b8-6+. The number of rotatable bonds is 4. The van der Waals surface area contributed by atoms with Crippen LogP contribution in [0.4, 0.5) is 5.82 Å². The number of carbonyl (C=O) groups is 1. The Hall–Kier alpha value is -3.13. The SMILES string of the molecule is Nc1nc(COC(=O)/C=C/c2ccc3c(c2)OCO3)nc2sc3c(c12)CCCC3. The fourth-order valence-corrected chi connectivity index (χ4v) is 4.95. The van der Waals surface area contributed by atoms with Crippen LogP contribution in [0.5, 0.6) is 11.5 Å². The van der Waals surface area contributed by atoms with Crippen LogP contribution in [0.15, 0.2) is 24.3 Å². The Morgan fingerprint density at radius 2 is 2.07 bits per heavy atom. The van der Waals surface area contributed by atoms with Crippen molar-refractivity contribution in [2.24, 2.45) is 0 Å². The van der Waals surface area contributed by atoms with Gasteiger partial charge in [0.15, 0.2) is 23.9 Å². The summed E-state index contributed by atoms with van der Waals surface area (Å²) in [5.74, 6) is 1.77. The molecule has 1 aliphatic heterocycles. The molecule has 0 bridgehead atoms. The van der Waals surface area contributed by atoms with Gasteiger partial charge in [0.05, 0.1) is 5.39 Å². The first-order chi connectivity index (χ1) is 14.2. The van der Waals surface area contributed by atoms with Crippen LogP contribution < -0.4 is 15.2 Å². The molecule has 0 fully saturated rings. The summed E-state index contributed by atoms with van der Waals surface area (Å²) in [7, 11) is 0. The highest BCUT2D eigenvalue weighted by atomic mass is 32.1. The monoisotopic (exact) mass is 409 g/mol. The highest BCUT2D eigenvalue weighted by Gasteiger charge is 2.20. The Morgan fingerprint density at radius 3 is 3.00 bits per heavy atom. The molecule has 148 valence electrons. The Bertz CT molecular complexity index is 1140. The molecule has 3 aromatic rings. The van der Waals surface area contributed by atoms with E-state index < -0.39 is 5.97 Å².